The number of amides is 1. The minimum atomic E-state index is -0.0274. The van der Waals surface area contributed by atoms with Crippen LogP contribution >= 0.6 is 0 Å². The smallest absolute Gasteiger partial charge is 0.260 e. The molecule has 0 unspecified atom stereocenters. The molecule has 136 valence electrons. The van der Waals surface area contributed by atoms with Crippen LogP contribution in [-0.2, 0) is 17.6 Å². The Bertz CT molecular complexity index is 798. The fourth-order valence-electron chi connectivity index (χ4n) is 3.10. The van der Waals surface area contributed by atoms with E-state index in [1.165, 1.54) is 18.1 Å². The zero-order chi connectivity index (χ0) is 18.5. The zero-order valence-corrected chi connectivity index (χ0v) is 15.2. The summed E-state index contributed by atoms with van der Waals surface area (Å²) in [7, 11) is 1.66. The number of ketones is 1. The molecule has 1 aliphatic heterocycles. The van der Waals surface area contributed by atoms with Crippen LogP contribution in [0.1, 0.15) is 28.4 Å². The first-order valence-corrected chi connectivity index (χ1v) is 8.74. The van der Waals surface area contributed by atoms with Crippen LogP contribution < -0.4 is 9.47 Å². The largest absolute Gasteiger partial charge is 0.497 e. The van der Waals surface area contributed by atoms with Gasteiger partial charge in [-0.2, -0.15) is 0 Å². The van der Waals surface area contributed by atoms with Crippen molar-refractivity contribution in [2.75, 3.05) is 26.8 Å². The molecule has 0 spiro atoms. The van der Waals surface area contributed by atoms with Crippen molar-refractivity contribution in [1.29, 1.82) is 0 Å². The lowest BCUT2D eigenvalue weighted by Crippen LogP contribution is -2.36. The van der Waals surface area contributed by atoms with Crippen LogP contribution in [0.4, 0.5) is 0 Å². The van der Waals surface area contributed by atoms with Crippen molar-refractivity contribution in [3.8, 4) is 11.5 Å². The summed E-state index contributed by atoms with van der Waals surface area (Å²) in [6.07, 6.45) is 1.64. The van der Waals surface area contributed by atoms with E-state index in [0.29, 0.717) is 24.4 Å². The molecule has 2 aromatic carbocycles. The molecular weight excluding hydrogens is 330 g/mol. The molecule has 0 aliphatic carbocycles. The molecule has 5 heteroatoms. The maximum atomic E-state index is 12.5. The average molecular weight is 353 g/mol. The highest BCUT2D eigenvalue weighted by Crippen LogP contribution is 2.22. The van der Waals surface area contributed by atoms with Gasteiger partial charge in [0.05, 0.1) is 7.11 Å². The van der Waals surface area contributed by atoms with Crippen LogP contribution in [0.5, 0.6) is 11.5 Å². The van der Waals surface area contributed by atoms with Gasteiger partial charge in [0.15, 0.2) is 12.4 Å². The Morgan fingerprint density at radius 1 is 0.962 bits per heavy atom. The van der Waals surface area contributed by atoms with Gasteiger partial charge < -0.3 is 14.4 Å². The molecule has 0 radical (unpaired) electrons. The minimum absolute atomic E-state index is 0.000908. The quantitative estimate of drug-likeness (QED) is 0.776. The lowest BCUT2D eigenvalue weighted by atomic mass is 10.0. The van der Waals surface area contributed by atoms with Crippen molar-refractivity contribution in [3.05, 3.63) is 59.2 Å². The molecular formula is C21H23NO4. The molecule has 3 rings (SSSR count). The molecule has 5 nitrogen and oxygen atoms in total. The molecule has 0 bridgehead atoms. The van der Waals surface area contributed by atoms with E-state index < -0.39 is 0 Å². The monoisotopic (exact) mass is 353 g/mol. The van der Waals surface area contributed by atoms with Crippen LogP contribution in [0.25, 0.3) is 0 Å². The van der Waals surface area contributed by atoms with Crippen LogP contribution in [0, 0.1) is 0 Å². The van der Waals surface area contributed by atoms with Crippen molar-refractivity contribution >= 4 is 11.7 Å². The number of benzene rings is 2. The van der Waals surface area contributed by atoms with E-state index in [1.807, 2.05) is 11.0 Å². The number of ether oxygens (including phenoxy) is 2. The van der Waals surface area contributed by atoms with Crippen LogP contribution in [0.3, 0.4) is 0 Å². The number of rotatable bonds is 5. The third-order valence-electron chi connectivity index (χ3n) is 4.69. The SMILES string of the molecule is COc1ccc2c(c1)CCN(C(=O)COc1ccc(C(C)=O)cc1)CC2. The molecule has 0 N–H and O–H groups in total. The molecule has 1 amide bonds. The fourth-order valence-corrected chi connectivity index (χ4v) is 3.10. The number of methoxy groups -OCH3 is 1. The Labute approximate surface area is 153 Å². The number of nitrogens with zero attached hydrogens (tertiary/aromatic N) is 1. The van der Waals surface area contributed by atoms with Gasteiger partial charge in [-0.1, -0.05) is 6.07 Å². The molecule has 2 aromatic rings. The number of Topliss-reactive ketones (excluding diaryl/α,β-unsaturated/α-hetero) is 1. The average Bonchev–Trinajstić information content (AvgIpc) is 2.88. The highest BCUT2D eigenvalue weighted by Gasteiger charge is 2.19. The summed E-state index contributed by atoms with van der Waals surface area (Å²) in [6.45, 7) is 2.88. The summed E-state index contributed by atoms with van der Waals surface area (Å²) >= 11 is 0. The first-order valence-electron chi connectivity index (χ1n) is 8.74. The van der Waals surface area contributed by atoms with Crippen molar-refractivity contribution in [1.82, 2.24) is 4.90 Å². The molecule has 0 saturated carbocycles. The number of carbonyl (C=O) groups is 2. The van der Waals surface area contributed by atoms with E-state index in [1.54, 1.807) is 31.4 Å². The Balaban J connectivity index is 1.56. The Kier molecular flexibility index (Phi) is 5.56. The normalized spacial score (nSPS) is 13.5. The minimum Gasteiger partial charge on any atom is -0.497 e. The number of fused-ring (bicyclic) bond motifs is 1. The Morgan fingerprint density at radius 2 is 1.62 bits per heavy atom. The summed E-state index contributed by atoms with van der Waals surface area (Å²) in [5.41, 5.74) is 3.13. The summed E-state index contributed by atoms with van der Waals surface area (Å²) in [5, 5.41) is 0. The third-order valence-corrected chi connectivity index (χ3v) is 4.69. The molecule has 26 heavy (non-hydrogen) atoms. The van der Waals surface area contributed by atoms with Crippen LogP contribution in [0.15, 0.2) is 42.5 Å². The first-order chi connectivity index (χ1) is 12.6. The number of carbonyl (C=O) groups excluding carboxylic acids is 2. The maximum Gasteiger partial charge on any atom is 0.260 e. The predicted molar refractivity (Wildman–Crippen MR) is 98.9 cm³/mol. The number of hydrogen-bond acceptors (Lipinski definition) is 4. The van der Waals surface area contributed by atoms with Crippen molar-refractivity contribution < 1.29 is 19.1 Å². The standard InChI is InChI=1S/C21H23NO4/c1-15(23)16-3-6-19(7-4-16)26-14-21(24)22-11-9-17-5-8-20(25-2)13-18(17)10-12-22/h3-8,13H,9-12,14H2,1-2H3. The van der Waals surface area contributed by atoms with Crippen molar-refractivity contribution in [3.63, 3.8) is 0 Å². The maximum absolute atomic E-state index is 12.5. The van der Waals surface area contributed by atoms with Crippen molar-refractivity contribution in [2.45, 2.75) is 19.8 Å². The second-order valence-corrected chi connectivity index (χ2v) is 6.38. The van der Waals surface area contributed by atoms with E-state index in [2.05, 4.69) is 12.1 Å². The van der Waals surface area contributed by atoms with Gasteiger partial charge in [-0.15, -0.1) is 0 Å². The molecule has 0 atom stereocenters. The highest BCUT2D eigenvalue weighted by atomic mass is 16.5. The van der Waals surface area contributed by atoms with E-state index in [0.717, 1.165) is 18.6 Å². The summed E-state index contributed by atoms with van der Waals surface area (Å²) in [5.74, 6) is 1.42. The summed E-state index contributed by atoms with van der Waals surface area (Å²) in [6, 6.07) is 12.9. The molecule has 1 aliphatic rings. The molecule has 0 aromatic heterocycles. The molecule has 0 fully saturated rings. The summed E-state index contributed by atoms with van der Waals surface area (Å²) in [4.78, 5) is 25.6. The van der Waals surface area contributed by atoms with Crippen molar-refractivity contribution in [2.24, 2.45) is 0 Å². The van der Waals surface area contributed by atoms with E-state index >= 15 is 0 Å². The second kappa shape index (κ2) is 8.04. The summed E-state index contributed by atoms with van der Waals surface area (Å²) < 4.78 is 10.9. The topological polar surface area (TPSA) is 55.8 Å². The fraction of sp³-hybridized carbons (Fsp3) is 0.333. The lowest BCUT2D eigenvalue weighted by molar-refractivity contribution is -0.133. The van der Waals surface area contributed by atoms with Gasteiger partial charge in [-0.3, -0.25) is 9.59 Å². The highest BCUT2D eigenvalue weighted by molar-refractivity contribution is 5.94. The predicted octanol–water partition coefficient (Wildman–Crippen LogP) is 2.90. The van der Waals surface area contributed by atoms with Crippen LogP contribution in [0.2, 0.25) is 0 Å². The Hall–Kier alpha value is -2.82. The molecule has 0 saturated heterocycles. The van der Waals surface area contributed by atoms with Gasteiger partial charge >= 0.3 is 0 Å². The van der Waals surface area contributed by atoms with E-state index in [4.69, 9.17) is 9.47 Å². The first kappa shape index (κ1) is 18.0. The lowest BCUT2D eigenvalue weighted by Gasteiger charge is -2.20. The van der Waals surface area contributed by atoms with Gasteiger partial charge in [0, 0.05) is 18.7 Å². The van der Waals surface area contributed by atoms with E-state index in [-0.39, 0.29) is 18.3 Å². The number of hydrogen-bond donors (Lipinski definition) is 0. The van der Waals surface area contributed by atoms with Gasteiger partial charge in [-0.25, -0.2) is 0 Å². The Morgan fingerprint density at radius 3 is 2.27 bits per heavy atom. The van der Waals surface area contributed by atoms with Gasteiger partial charge in [0.2, 0.25) is 0 Å². The zero-order valence-electron chi connectivity index (χ0n) is 15.2. The van der Waals surface area contributed by atoms with E-state index in [9.17, 15) is 9.59 Å². The van der Waals surface area contributed by atoms with Gasteiger partial charge in [0.1, 0.15) is 11.5 Å². The van der Waals surface area contributed by atoms with Crippen LogP contribution in [-0.4, -0.2) is 43.4 Å². The molecule has 1 heterocycles. The van der Waals surface area contributed by atoms with Gasteiger partial charge in [0.25, 0.3) is 5.91 Å². The van der Waals surface area contributed by atoms with Gasteiger partial charge in [-0.05, 0) is 67.3 Å². The second-order valence-electron chi connectivity index (χ2n) is 6.38. The third kappa shape index (κ3) is 4.23.